The number of anilines is 2. The fourth-order valence-electron chi connectivity index (χ4n) is 3.87. The summed E-state index contributed by atoms with van der Waals surface area (Å²) in [6.45, 7) is 3.64. The highest BCUT2D eigenvalue weighted by molar-refractivity contribution is 7.09. The number of benzene rings is 2. The van der Waals surface area contributed by atoms with Crippen LogP contribution in [0.25, 0.3) is 0 Å². The van der Waals surface area contributed by atoms with Gasteiger partial charge in [-0.05, 0) is 36.4 Å². The minimum absolute atomic E-state index is 0.102. The molecule has 0 saturated carbocycles. The molecule has 1 aliphatic heterocycles. The first-order valence-electron chi connectivity index (χ1n) is 11.5. The first-order valence-corrected chi connectivity index (χ1v) is 13.1. The van der Waals surface area contributed by atoms with E-state index in [1.807, 2.05) is 29.2 Å². The number of carbonyl (C=O) groups excluding carboxylic acids is 2. The van der Waals surface area contributed by atoms with Gasteiger partial charge in [0.15, 0.2) is 0 Å². The average molecular weight is 548 g/mol. The third-order valence-corrected chi connectivity index (χ3v) is 7.07. The van der Waals surface area contributed by atoms with Crippen LogP contribution in [0.3, 0.4) is 0 Å². The number of urea groups is 1. The molecule has 1 saturated heterocycles. The molecular formula is C25H27Cl2N5O3S. The van der Waals surface area contributed by atoms with E-state index in [0.717, 1.165) is 18.8 Å². The summed E-state index contributed by atoms with van der Waals surface area (Å²) in [5, 5.41) is 6.51. The number of hydrogen-bond acceptors (Lipinski definition) is 6. The Balaban J connectivity index is 1.36. The lowest BCUT2D eigenvalue weighted by molar-refractivity contribution is 0.0741. The third-order valence-electron chi connectivity index (χ3n) is 5.77. The number of carbonyl (C=O) groups is 2. The Bertz CT molecular complexity index is 1200. The average Bonchev–Trinajstić information content (AvgIpc) is 3.35. The molecule has 190 valence electrons. The van der Waals surface area contributed by atoms with E-state index in [1.165, 1.54) is 11.3 Å². The van der Waals surface area contributed by atoms with E-state index in [9.17, 15) is 9.59 Å². The number of aromatic nitrogens is 1. The molecule has 2 aromatic carbocycles. The number of rotatable bonds is 8. The lowest BCUT2D eigenvalue weighted by atomic mass is 10.2. The smallest absolute Gasteiger partial charge is 0.322 e. The second-order valence-electron chi connectivity index (χ2n) is 8.24. The minimum atomic E-state index is -0.297. The summed E-state index contributed by atoms with van der Waals surface area (Å²) in [6.07, 6.45) is 0. The van der Waals surface area contributed by atoms with Crippen molar-refractivity contribution in [1.82, 2.24) is 14.8 Å². The Hall–Kier alpha value is -2.85. The molecule has 0 aliphatic carbocycles. The predicted molar refractivity (Wildman–Crippen MR) is 144 cm³/mol. The first kappa shape index (κ1) is 26.2. The van der Waals surface area contributed by atoms with Gasteiger partial charge < -0.3 is 24.8 Å². The molecule has 4 rings (SSSR count). The van der Waals surface area contributed by atoms with E-state index in [-0.39, 0.29) is 18.5 Å². The molecule has 1 N–H and O–H groups in total. The molecule has 1 aromatic heterocycles. The molecule has 0 atom stereocenters. The van der Waals surface area contributed by atoms with Crippen molar-refractivity contribution in [3.8, 4) is 0 Å². The summed E-state index contributed by atoms with van der Waals surface area (Å²) >= 11 is 13.5. The van der Waals surface area contributed by atoms with E-state index in [1.54, 1.807) is 41.7 Å². The summed E-state index contributed by atoms with van der Waals surface area (Å²) in [4.78, 5) is 36.1. The van der Waals surface area contributed by atoms with Gasteiger partial charge in [0, 0.05) is 66.6 Å². The summed E-state index contributed by atoms with van der Waals surface area (Å²) in [5.74, 6) is -0.102. The second-order valence-corrected chi connectivity index (χ2v) is 10.1. The molecule has 0 spiro atoms. The van der Waals surface area contributed by atoms with E-state index in [4.69, 9.17) is 27.9 Å². The zero-order valence-electron chi connectivity index (χ0n) is 19.8. The quantitative estimate of drug-likeness (QED) is 0.424. The van der Waals surface area contributed by atoms with Crippen molar-refractivity contribution in [3.63, 3.8) is 0 Å². The second kappa shape index (κ2) is 12.4. The van der Waals surface area contributed by atoms with Gasteiger partial charge in [0.2, 0.25) is 0 Å². The lowest BCUT2D eigenvalue weighted by Crippen LogP contribution is -2.48. The maximum atomic E-state index is 13.1. The monoisotopic (exact) mass is 547 g/mol. The number of hydrogen-bond donors (Lipinski definition) is 1. The summed E-state index contributed by atoms with van der Waals surface area (Å²) in [7, 11) is 1.58. The molecular weight excluding hydrogens is 521 g/mol. The molecule has 2 heterocycles. The minimum Gasteiger partial charge on any atom is -0.383 e. The van der Waals surface area contributed by atoms with Crippen molar-refractivity contribution in [2.45, 2.75) is 6.54 Å². The number of nitrogens with zero attached hydrogens (tertiary/aromatic N) is 4. The van der Waals surface area contributed by atoms with Crippen LogP contribution >= 0.6 is 34.5 Å². The van der Waals surface area contributed by atoms with Gasteiger partial charge in [-0.15, -0.1) is 11.3 Å². The largest absolute Gasteiger partial charge is 0.383 e. The summed E-state index contributed by atoms with van der Waals surface area (Å²) in [5.41, 5.74) is 2.05. The van der Waals surface area contributed by atoms with Crippen LogP contribution in [0.1, 0.15) is 15.5 Å². The highest BCUT2D eigenvalue weighted by atomic mass is 35.5. The van der Waals surface area contributed by atoms with Crippen LogP contribution in [-0.2, 0) is 11.3 Å². The number of halogens is 2. The van der Waals surface area contributed by atoms with Gasteiger partial charge in [-0.1, -0.05) is 35.3 Å². The van der Waals surface area contributed by atoms with E-state index in [2.05, 4.69) is 15.2 Å². The summed E-state index contributed by atoms with van der Waals surface area (Å²) < 4.78 is 5.17. The zero-order chi connectivity index (χ0) is 25.5. The number of methoxy groups -OCH3 is 1. The SMILES string of the molecule is COCCN(Cc1nc(C(=O)N2CCN(c3cccc(Cl)c3)CC2)cs1)C(=O)Nc1cccc(Cl)c1. The van der Waals surface area contributed by atoms with Crippen LogP contribution < -0.4 is 10.2 Å². The number of piperazine rings is 1. The van der Waals surface area contributed by atoms with Gasteiger partial charge in [-0.3, -0.25) is 4.79 Å². The van der Waals surface area contributed by atoms with Gasteiger partial charge in [-0.2, -0.15) is 0 Å². The fourth-order valence-corrected chi connectivity index (χ4v) is 5.03. The predicted octanol–water partition coefficient (Wildman–Crippen LogP) is 5.09. The third kappa shape index (κ3) is 6.88. The van der Waals surface area contributed by atoms with Gasteiger partial charge in [0.05, 0.1) is 13.2 Å². The molecule has 3 aromatic rings. The normalized spacial score (nSPS) is 13.5. The van der Waals surface area contributed by atoms with Crippen molar-refractivity contribution >= 4 is 57.9 Å². The topological polar surface area (TPSA) is 78.0 Å². The van der Waals surface area contributed by atoms with E-state index < -0.39 is 0 Å². The molecule has 1 fully saturated rings. The van der Waals surface area contributed by atoms with E-state index >= 15 is 0 Å². The highest BCUT2D eigenvalue weighted by Gasteiger charge is 2.25. The van der Waals surface area contributed by atoms with Crippen LogP contribution in [0.4, 0.5) is 16.2 Å². The van der Waals surface area contributed by atoms with Crippen LogP contribution in [0.2, 0.25) is 10.0 Å². The Kier molecular flexibility index (Phi) is 9.03. The zero-order valence-corrected chi connectivity index (χ0v) is 22.2. The first-order chi connectivity index (χ1) is 17.4. The van der Waals surface area contributed by atoms with Crippen molar-refractivity contribution in [2.24, 2.45) is 0 Å². The van der Waals surface area contributed by atoms with Crippen LogP contribution in [-0.4, -0.2) is 73.2 Å². The number of thiazole rings is 1. The van der Waals surface area contributed by atoms with Crippen LogP contribution in [0.5, 0.6) is 0 Å². The number of nitrogens with one attached hydrogen (secondary N) is 1. The Morgan fingerprint density at radius 2 is 1.81 bits per heavy atom. The van der Waals surface area contributed by atoms with Crippen molar-refractivity contribution in [1.29, 1.82) is 0 Å². The maximum absolute atomic E-state index is 13.1. The van der Waals surface area contributed by atoms with Gasteiger partial charge in [0.25, 0.3) is 5.91 Å². The Morgan fingerprint density at radius 3 is 2.50 bits per heavy atom. The number of ether oxygens (including phenoxy) is 1. The van der Waals surface area contributed by atoms with E-state index in [0.29, 0.717) is 52.7 Å². The number of amides is 3. The Labute approximate surface area is 224 Å². The van der Waals surface area contributed by atoms with Crippen molar-refractivity contribution in [2.75, 3.05) is 56.7 Å². The molecule has 36 heavy (non-hydrogen) atoms. The molecule has 0 unspecified atom stereocenters. The van der Waals surface area contributed by atoms with Crippen molar-refractivity contribution < 1.29 is 14.3 Å². The molecule has 3 amide bonds. The van der Waals surface area contributed by atoms with Gasteiger partial charge >= 0.3 is 6.03 Å². The van der Waals surface area contributed by atoms with Crippen LogP contribution in [0.15, 0.2) is 53.9 Å². The Morgan fingerprint density at radius 1 is 1.08 bits per heavy atom. The lowest BCUT2D eigenvalue weighted by Gasteiger charge is -2.35. The molecule has 8 nitrogen and oxygen atoms in total. The summed E-state index contributed by atoms with van der Waals surface area (Å²) in [6, 6.07) is 14.4. The highest BCUT2D eigenvalue weighted by Crippen LogP contribution is 2.22. The molecule has 0 bridgehead atoms. The van der Waals surface area contributed by atoms with Crippen molar-refractivity contribution in [3.05, 3.63) is 74.7 Å². The van der Waals surface area contributed by atoms with Gasteiger partial charge in [-0.25, -0.2) is 9.78 Å². The van der Waals surface area contributed by atoms with Gasteiger partial charge in [0.1, 0.15) is 10.7 Å². The molecule has 0 radical (unpaired) electrons. The molecule has 1 aliphatic rings. The fraction of sp³-hybridized carbons (Fsp3) is 0.320. The van der Waals surface area contributed by atoms with Crippen LogP contribution in [0, 0.1) is 0 Å². The standard InChI is InChI=1S/C25H27Cl2N5O3S/c1-35-13-12-32(25(34)28-20-6-2-4-18(26)14-20)16-23-29-22(17-36-23)24(33)31-10-8-30(9-11-31)21-7-3-5-19(27)15-21/h2-7,14-15,17H,8-13,16H2,1H3,(H,28,34). The molecule has 11 heteroatoms. The maximum Gasteiger partial charge on any atom is 0.322 e.